The van der Waals surface area contributed by atoms with Gasteiger partial charge in [0.15, 0.2) is 0 Å². The Morgan fingerprint density at radius 1 is 0.920 bits per heavy atom. The van der Waals surface area contributed by atoms with Crippen LogP contribution in [0.15, 0.2) is 17.5 Å². The number of hydrogen-bond acceptors (Lipinski definition) is 3. The van der Waals surface area contributed by atoms with Crippen molar-refractivity contribution in [1.82, 2.24) is 0 Å². The number of hydrogen-bond donors (Lipinski definition) is 0. The molecule has 0 bridgehead atoms. The summed E-state index contributed by atoms with van der Waals surface area (Å²) < 4.78 is 5.71. The summed E-state index contributed by atoms with van der Waals surface area (Å²) in [4.78, 5) is 13.2. The highest BCUT2D eigenvalue weighted by molar-refractivity contribution is 7.10. The van der Waals surface area contributed by atoms with Gasteiger partial charge in [-0.15, -0.1) is 11.3 Å². The predicted molar refractivity (Wildman–Crippen MR) is 109 cm³/mol. The van der Waals surface area contributed by atoms with Crippen LogP contribution in [0.4, 0.5) is 0 Å². The number of rotatable bonds is 16. The molecule has 2 nitrogen and oxygen atoms in total. The Balaban J connectivity index is 2.05. The molecule has 0 spiro atoms. The van der Waals surface area contributed by atoms with Crippen LogP contribution in [0, 0.1) is 0 Å². The molecule has 0 saturated carbocycles. The van der Waals surface area contributed by atoms with Gasteiger partial charge in [-0.25, -0.2) is 0 Å². The lowest BCUT2D eigenvalue weighted by Gasteiger charge is -2.17. The number of thiophene rings is 1. The molecule has 0 aliphatic rings. The van der Waals surface area contributed by atoms with Gasteiger partial charge in [-0.05, 0) is 30.7 Å². The third-order valence-electron chi connectivity index (χ3n) is 4.69. The molecule has 0 fully saturated rings. The average molecular weight is 367 g/mol. The molecule has 0 radical (unpaired) electrons. The molecule has 0 aliphatic carbocycles. The second-order valence-corrected chi connectivity index (χ2v) is 8.16. The maximum absolute atomic E-state index is 12.1. The van der Waals surface area contributed by atoms with E-state index in [2.05, 4.69) is 13.8 Å². The van der Waals surface area contributed by atoms with Crippen molar-refractivity contribution >= 4 is 17.3 Å². The molecular weight excluding hydrogens is 328 g/mol. The van der Waals surface area contributed by atoms with Gasteiger partial charge < -0.3 is 4.74 Å². The number of esters is 1. The monoisotopic (exact) mass is 366 g/mol. The summed E-state index contributed by atoms with van der Waals surface area (Å²) in [6, 6.07) is 3.99. The van der Waals surface area contributed by atoms with Crippen molar-refractivity contribution < 1.29 is 9.53 Å². The van der Waals surface area contributed by atoms with Crippen LogP contribution < -0.4 is 0 Å². The molecule has 1 unspecified atom stereocenters. The Hall–Kier alpha value is -0.830. The van der Waals surface area contributed by atoms with Crippen LogP contribution in [0.5, 0.6) is 0 Å². The zero-order valence-electron chi connectivity index (χ0n) is 16.4. The highest BCUT2D eigenvalue weighted by Gasteiger charge is 2.14. The van der Waals surface area contributed by atoms with Gasteiger partial charge in [0.1, 0.15) is 6.10 Å². The van der Waals surface area contributed by atoms with Crippen LogP contribution in [-0.4, -0.2) is 12.1 Å². The highest BCUT2D eigenvalue weighted by atomic mass is 32.1. The Morgan fingerprint density at radius 3 is 2.12 bits per heavy atom. The van der Waals surface area contributed by atoms with Crippen molar-refractivity contribution in [2.24, 2.45) is 0 Å². The lowest BCUT2D eigenvalue weighted by molar-refractivity contribution is -0.148. The Morgan fingerprint density at radius 2 is 1.56 bits per heavy atom. The van der Waals surface area contributed by atoms with Crippen LogP contribution in [0.2, 0.25) is 0 Å². The molecule has 1 atom stereocenters. The van der Waals surface area contributed by atoms with E-state index in [0.717, 1.165) is 24.1 Å². The molecule has 3 heteroatoms. The molecule has 0 aromatic carbocycles. The molecule has 1 heterocycles. The lowest BCUT2D eigenvalue weighted by atomic mass is 10.0. The minimum absolute atomic E-state index is 0.0621. The van der Waals surface area contributed by atoms with Crippen molar-refractivity contribution in [2.75, 3.05) is 0 Å². The van der Waals surface area contributed by atoms with Gasteiger partial charge in [-0.2, -0.15) is 0 Å². The summed E-state index contributed by atoms with van der Waals surface area (Å²) >= 11 is 1.63. The summed E-state index contributed by atoms with van der Waals surface area (Å²) in [5, 5.41) is 2.01. The molecule has 0 N–H and O–H groups in total. The van der Waals surface area contributed by atoms with Crippen LogP contribution in [0.25, 0.3) is 0 Å². The maximum atomic E-state index is 12.1. The molecule has 25 heavy (non-hydrogen) atoms. The van der Waals surface area contributed by atoms with Crippen molar-refractivity contribution in [3.05, 3.63) is 22.4 Å². The van der Waals surface area contributed by atoms with Crippen molar-refractivity contribution in [3.63, 3.8) is 0 Å². The number of ether oxygens (including phenoxy) is 1. The fourth-order valence-corrected chi connectivity index (χ4v) is 3.92. The average Bonchev–Trinajstić information content (AvgIpc) is 3.09. The second kappa shape index (κ2) is 15.4. The summed E-state index contributed by atoms with van der Waals surface area (Å²) in [5.41, 5.74) is 0. The quantitative estimate of drug-likeness (QED) is 0.226. The number of carbonyl (C=O) groups excluding carboxylic acids is 1. The van der Waals surface area contributed by atoms with E-state index in [-0.39, 0.29) is 12.1 Å². The van der Waals surface area contributed by atoms with E-state index in [0.29, 0.717) is 6.42 Å². The summed E-state index contributed by atoms with van der Waals surface area (Å²) in [7, 11) is 0. The maximum Gasteiger partial charge on any atom is 0.311 e. The predicted octanol–water partition coefficient (Wildman–Crippen LogP) is 7.31. The third kappa shape index (κ3) is 12.2. The first-order valence-corrected chi connectivity index (χ1v) is 11.4. The minimum atomic E-state index is -0.0621. The fourth-order valence-electron chi connectivity index (χ4n) is 3.23. The zero-order chi connectivity index (χ0) is 18.2. The highest BCUT2D eigenvalue weighted by Crippen LogP contribution is 2.17. The summed E-state index contributed by atoms with van der Waals surface area (Å²) in [6.07, 6.45) is 17.1. The lowest BCUT2D eigenvalue weighted by Crippen LogP contribution is -2.19. The van der Waals surface area contributed by atoms with Crippen LogP contribution in [-0.2, 0) is 16.0 Å². The van der Waals surface area contributed by atoms with Gasteiger partial charge in [-0.1, -0.05) is 84.1 Å². The van der Waals surface area contributed by atoms with Gasteiger partial charge in [0.2, 0.25) is 0 Å². The van der Waals surface area contributed by atoms with E-state index < -0.39 is 0 Å². The van der Waals surface area contributed by atoms with Gasteiger partial charge in [0.25, 0.3) is 0 Å². The third-order valence-corrected chi connectivity index (χ3v) is 5.56. The summed E-state index contributed by atoms with van der Waals surface area (Å²) in [6.45, 7) is 4.43. The first kappa shape index (κ1) is 22.2. The second-order valence-electron chi connectivity index (χ2n) is 7.13. The molecule has 0 saturated heterocycles. The van der Waals surface area contributed by atoms with E-state index in [1.807, 2.05) is 17.5 Å². The Kier molecular flexibility index (Phi) is 13.7. The van der Waals surface area contributed by atoms with E-state index >= 15 is 0 Å². The standard InChI is InChI=1S/C22H38O2S/c1-3-5-6-7-8-9-10-11-12-13-16-20(15-4-2)24-22(23)19-21-17-14-18-25-21/h14,17-18,20H,3-13,15-16,19H2,1-2H3. The van der Waals surface area contributed by atoms with Gasteiger partial charge in [0, 0.05) is 4.88 Å². The van der Waals surface area contributed by atoms with Crippen molar-refractivity contribution in [3.8, 4) is 0 Å². The Labute approximate surface area is 159 Å². The van der Waals surface area contributed by atoms with Gasteiger partial charge in [0.05, 0.1) is 6.42 Å². The molecular formula is C22H38O2S. The van der Waals surface area contributed by atoms with Gasteiger partial charge in [-0.3, -0.25) is 4.79 Å². The summed E-state index contributed by atoms with van der Waals surface area (Å²) in [5.74, 6) is -0.0621. The SMILES string of the molecule is CCCCCCCCCCCCC(CCC)OC(=O)Cc1cccs1. The van der Waals surface area contributed by atoms with Crippen LogP contribution in [0.3, 0.4) is 0 Å². The number of carbonyl (C=O) groups is 1. The molecule has 1 aromatic heterocycles. The van der Waals surface area contributed by atoms with Crippen LogP contribution in [0.1, 0.15) is 102 Å². The van der Waals surface area contributed by atoms with E-state index in [9.17, 15) is 4.79 Å². The minimum Gasteiger partial charge on any atom is -0.462 e. The van der Waals surface area contributed by atoms with Crippen molar-refractivity contribution in [1.29, 1.82) is 0 Å². The normalized spacial score (nSPS) is 12.2. The molecule has 1 rings (SSSR count). The zero-order valence-corrected chi connectivity index (χ0v) is 17.3. The smallest absolute Gasteiger partial charge is 0.311 e. The fraction of sp³-hybridized carbons (Fsp3) is 0.773. The van der Waals surface area contributed by atoms with Gasteiger partial charge >= 0.3 is 5.97 Å². The molecule has 1 aromatic rings. The first-order chi connectivity index (χ1) is 12.3. The largest absolute Gasteiger partial charge is 0.462 e. The molecule has 0 aliphatic heterocycles. The van der Waals surface area contributed by atoms with E-state index in [4.69, 9.17) is 4.74 Å². The van der Waals surface area contributed by atoms with Crippen molar-refractivity contribution in [2.45, 2.75) is 110 Å². The molecule has 144 valence electrons. The van der Waals surface area contributed by atoms with E-state index in [1.54, 1.807) is 11.3 Å². The first-order valence-electron chi connectivity index (χ1n) is 10.5. The van der Waals surface area contributed by atoms with Crippen LogP contribution >= 0.6 is 11.3 Å². The number of unbranched alkanes of at least 4 members (excludes halogenated alkanes) is 9. The Bertz CT molecular complexity index is 414. The topological polar surface area (TPSA) is 26.3 Å². The molecule has 0 amide bonds. The van der Waals surface area contributed by atoms with E-state index in [1.165, 1.54) is 64.2 Å².